The minimum Gasteiger partial charge on any atom is -0.481 e. The van der Waals surface area contributed by atoms with Crippen LogP contribution < -0.4 is 5.32 Å². The van der Waals surface area contributed by atoms with Crippen molar-refractivity contribution in [3.8, 4) is 0 Å². The molecule has 0 saturated carbocycles. The van der Waals surface area contributed by atoms with E-state index in [1.54, 1.807) is 6.92 Å². The lowest BCUT2D eigenvalue weighted by atomic mass is 9.99. The Hall–Kier alpha value is -1.14. The highest BCUT2D eigenvalue weighted by Gasteiger charge is 2.13. The van der Waals surface area contributed by atoms with Gasteiger partial charge >= 0.3 is 5.97 Å². The van der Waals surface area contributed by atoms with Crippen LogP contribution in [0.25, 0.3) is 0 Å². The van der Waals surface area contributed by atoms with Gasteiger partial charge < -0.3 is 19.9 Å². The molecule has 0 atom stereocenters. The standard InChI is InChI=1S/C10H19NO3.C2H4O2/c1-2-14-10(12)8-13-7-9-3-5-11-6-4-9;1-2(3)4/h9,11H,2-8H2,1H3;1H3,(H,3,4). The molecule has 1 fully saturated rings. The molecule has 1 heterocycles. The Bertz CT molecular complexity index is 235. The highest BCUT2D eigenvalue weighted by molar-refractivity contribution is 5.70. The Kier molecular flexibility index (Phi) is 10.3. The molecular weight excluding hydrogens is 238 g/mol. The van der Waals surface area contributed by atoms with Crippen molar-refractivity contribution < 1.29 is 24.2 Å². The molecule has 0 aromatic rings. The number of ether oxygens (including phenoxy) is 2. The zero-order chi connectivity index (χ0) is 13.8. The number of carbonyl (C=O) groups excluding carboxylic acids is 1. The molecule has 2 N–H and O–H groups in total. The first kappa shape index (κ1) is 16.9. The Morgan fingerprint density at radius 1 is 1.33 bits per heavy atom. The summed E-state index contributed by atoms with van der Waals surface area (Å²) >= 11 is 0. The maximum absolute atomic E-state index is 10.9. The molecule has 0 aromatic heterocycles. The van der Waals surface area contributed by atoms with Crippen molar-refractivity contribution >= 4 is 11.9 Å². The van der Waals surface area contributed by atoms with Crippen LogP contribution in [-0.4, -0.2) is 50.0 Å². The van der Waals surface area contributed by atoms with E-state index in [-0.39, 0.29) is 12.6 Å². The summed E-state index contributed by atoms with van der Waals surface area (Å²) < 4.78 is 10.0. The summed E-state index contributed by atoms with van der Waals surface area (Å²) in [6.45, 7) is 6.21. The van der Waals surface area contributed by atoms with Crippen LogP contribution in [0.1, 0.15) is 26.7 Å². The summed E-state index contributed by atoms with van der Waals surface area (Å²) in [4.78, 5) is 19.9. The fraction of sp³-hybridized carbons (Fsp3) is 0.833. The Labute approximate surface area is 108 Å². The van der Waals surface area contributed by atoms with Crippen LogP contribution in [0, 0.1) is 5.92 Å². The van der Waals surface area contributed by atoms with Crippen LogP contribution in [0.15, 0.2) is 0 Å². The molecule has 1 aliphatic rings. The second-order valence-corrected chi connectivity index (χ2v) is 4.03. The van der Waals surface area contributed by atoms with Crippen LogP contribution in [0.4, 0.5) is 0 Å². The molecule has 106 valence electrons. The van der Waals surface area contributed by atoms with E-state index in [1.807, 2.05) is 0 Å². The van der Waals surface area contributed by atoms with E-state index >= 15 is 0 Å². The van der Waals surface area contributed by atoms with Gasteiger partial charge in [0.15, 0.2) is 0 Å². The van der Waals surface area contributed by atoms with Crippen molar-refractivity contribution in [2.75, 3.05) is 32.9 Å². The summed E-state index contributed by atoms with van der Waals surface area (Å²) in [6.07, 6.45) is 2.28. The molecule has 6 heteroatoms. The van der Waals surface area contributed by atoms with E-state index in [1.165, 1.54) is 0 Å². The molecule has 0 amide bonds. The molecule has 1 rings (SSSR count). The maximum atomic E-state index is 10.9. The molecule has 18 heavy (non-hydrogen) atoms. The summed E-state index contributed by atoms with van der Waals surface area (Å²) in [5.74, 6) is -0.493. The van der Waals surface area contributed by atoms with Gasteiger partial charge in [-0.3, -0.25) is 4.79 Å². The number of carbonyl (C=O) groups is 2. The summed E-state index contributed by atoms with van der Waals surface area (Å²) in [7, 11) is 0. The zero-order valence-corrected chi connectivity index (χ0v) is 11.1. The maximum Gasteiger partial charge on any atom is 0.332 e. The minimum absolute atomic E-state index is 0.0950. The molecule has 0 unspecified atom stereocenters. The van der Waals surface area contributed by atoms with Crippen LogP contribution in [-0.2, 0) is 19.1 Å². The lowest BCUT2D eigenvalue weighted by Crippen LogP contribution is -2.30. The van der Waals surface area contributed by atoms with Crippen molar-refractivity contribution in [3.05, 3.63) is 0 Å². The molecular formula is C12H23NO5. The Balaban J connectivity index is 0.000000631. The van der Waals surface area contributed by atoms with Crippen molar-refractivity contribution in [1.82, 2.24) is 5.32 Å². The van der Waals surface area contributed by atoms with E-state index in [9.17, 15) is 4.79 Å². The lowest BCUT2D eigenvalue weighted by molar-refractivity contribution is -0.149. The van der Waals surface area contributed by atoms with Crippen molar-refractivity contribution in [1.29, 1.82) is 0 Å². The normalized spacial score (nSPS) is 15.4. The first-order valence-corrected chi connectivity index (χ1v) is 6.19. The van der Waals surface area contributed by atoms with Gasteiger partial charge in [0.1, 0.15) is 6.61 Å². The molecule has 1 aliphatic heterocycles. The highest BCUT2D eigenvalue weighted by atomic mass is 16.6. The third-order valence-electron chi connectivity index (χ3n) is 2.34. The van der Waals surface area contributed by atoms with Gasteiger partial charge in [0.05, 0.1) is 13.2 Å². The Morgan fingerprint density at radius 3 is 2.39 bits per heavy atom. The number of carboxylic acid groups (broad SMARTS) is 1. The molecule has 0 spiro atoms. The van der Waals surface area contributed by atoms with Crippen LogP contribution >= 0.6 is 0 Å². The zero-order valence-electron chi connectivity index (χ0n) is 11.1. The number of rotatable bonds is 5. The summed E-state index contributed by atoms with van der Waals surface area (Å²) in [5.41, 5.74) is 0. The predicted octanol–water partition coefficient (Wildman–Crippen LogP) is 0.657. The number of aliphatic carboxylic acids is 1. The van der Waals surface area contributed by atoms with E-state index < -0.39 is 5.97 Å². The smallest absolute Gasteiger partial charge is 0.332 e. The van der Waals surface area contributed by atoms with Gasteiger partial charge in [-0.05, 0) is 38.8 Å². The van der Waals surface area contributed by atoms with E-state index in [0.717, 1.165) is 32.9 Å². The number of piperidine rings is 1. The van der Waals surface area contributed by atoms with Gasteiger partial charge in [-0.15, -0.1) is 0 Å². The van der Waals surface area contributed by atoms with Crippen LogP contribution in [0.5, 0.6) is 0 Å². The number of hydrogen-bond donors (Lipinski definition) is 2. The summed E-state index contributed by atoms with van der Waals surface area (Å²) in [5, 5.41) is 10.7. The second-order valence-electron chi connectivity index (χ2n) is 4.03. The minimum atomic E-state index is -0.833. The topological polar surface area (TPSA) is 84.9 Å². The van der Waals surface area contributed by atoms with E-state index in [2.05, 4.69) is 5.32 Å². The van der Waals surface area contributed by atoms with Crippen LogP contribution in [0.3, 0.4) is 0 Å². The van der Waals surface area contributed by atoms with Crippen LogP contribution in [0.2, 0.25) is 0 Å². The van der Waals surface area contributed by atoms with Gasteiger partial charge in [0.2, 0.25) is 0 Å². The predicted molar refractivity (Wildman–Crippen MR) is 66.4 cm³/mol. The average Bonchev–Trinajstić information content (AvgIpc) is 2.30. The van der Waals surface area contributed by atoms with Gasteiger partial charge in [-0.25, -0.2) is 4.79 Å². The van der Waals surface area contributed by atoms with Gasteiger partial charge in [0.25, 0.3) is 5.97 Å². The fourth-order valence-electron chi connectivity index (χ4n) is 1.56. The number of esters is 1. The molecule has 1 saturated heterocycles. The highest BCUT2D eigenvalue weighted by Crippen LogP contribution is 2.11. The number of nitrogens with one attached hydrogen (secondary N) is 1. The summed E-state index contributed by atoms with van der Waals surface area (Å²) in [6, 6.07) is 0. The van der Waals surface area contributed by atoms with Gasteiger partial charge in [-0.2, -0.15) is 0 Å². The number of hydrogen-bond acceptors (Lipinski definition) is 5. The van der Waals surface area contributed by atoms with Crippen molar-refractivity contribution in [2.45, 2.75) is 26.7 Å². The fourth-order valence-corrected chi connectivity index (χ4v) is 1.56. The monoisotopic (exact) mass is 261 g/mol. The van der Waals surface area contributed by atoms with E-state index in [4.69, 9.17) is 19.4 Å². The number of carboxylic acids is 1. The van der Waals surface area contributed by atoms with Crippen molar-refractivity contribution in [3.63, 3.8) is 0 Å². The third-order valence-corrected chi connectivity index (χ3v) is 2.34. The van der Waals surface area contributed by atoms with Gasteiger partial charge in [-0.1, -0.05) is 0 Å². The second kappa shape index (κ2) is 11.0. The Morgan fingerprint density at radius 2 is 1.89 bits per heavy atom. The third kappa shape index (κ3) is 11.3. The molecule has 0 aromatic carbocycles. The first-order valence-electron chi connectivity index (χ1n) is 6.19. The first-order chi connectivity index (χ1) is 8.56. The van der Waals surface area contributed by atoms with Crippen molar-refractivity contribution in [2.24, 2.45) is 5.92 Å². The molecule has 0 aliphatic carbocycles. The lowest BCUT2D eigenvalue weighted by Gasteiger charge is -2.21. The molecule has 6 nitrogen and oxygen atoms in total. The largest absolute Gasteiger partial charge is 0.481 e. The quantitative estimate of drug-likeness (QED) is 0.707. The molecule has 0 bridgehead atoms. The SMILES string of the molecule is CC(=O)O.CCOC(=O)COCC1CCNCC1. The molecule has 0 radical (unpaired) electrons. The van der Waals surface area contributed by atoms with Gasteiger partial charge in [0, 0.05) is 6.92 Å². The average molecular weight is 261 g/mol. The van der Waals surface area contributed by atoms with E-state index in [0.29, 0.717) is 19.1 Å².